The second kappa shape index (κ2) is 7.46. The number of fused-ring (bicyclic) bond motifs is 3. The molecule has 2 aliphatic rings. The van der Waals surface area contributed by atoms with E-state index in [1.54, 1.807) is 36.2 Å². The Balaban J connectivity index is 1.54. The Morgan fingerprint density at radius 1 is 1.25 bits per heavy atom. The van der Waals surface area contributed by atoms with Gasteiger partial charge in [0.05, 0.1) is 0 Å². The minimum atomic E-state index is -4.73. The molecule has 2 aliphatic heterocycles. The van der Waals surface area contributed by atoms with E-state index in [4.69, 9.17) is 0 Å². The van der Waals surface area contributed by atoms with Gasteiger partial charge in [0.25, 0.3) is 5.91 Å². The largest absolute Gasteiger partial charge is 0.471 e. The molecule has 0 aliphatic carbocycles. The predicted octanol–water partition coefficient (Wildman–Crippen LogP) is 3.22. The van der Waals surface area contributed by atoms with Crippen LogP contribution in [0.4, 0.5) is 30.6 Å². The van der Waals surface area contributed by atoms with E-state index in [1.807, 2.05) is 0 Å². The highest BCUT2D eigenvalue weighted by atomic mass is 19.4. The summed E-state index contributed by atoms with van der Waals surface area (Å²) in [5.41, 5.74) is 1.20. The van der Waals surface area contributed by atoms with Crippen LogP contribution in [-0.4, -0.2) is 52.2 Å². The zero-order chi connectivity index (χ0) is 22.5. The standard InChI is InChI=1S/C20H18F3N7O2/c1-24-19-25-9-14-16(27-19)29-7-3-6-13(29)10-30(17(14)31)12-5-2-4-11(8-12)15-26-18(32-28-15)20(21,22)23/h2,4-5,8-9,13H,3,6-7,10H2,1H3,(H,24,25,27). The first-order valence-electron chi connectivity index (χ1n) is 10.00. The average molecular weight is 445 g/mol. The van der Waals surface area contributed by atoms with Gasteiger partial charge >= 0.3 is 12.1 Å². The van der Waals surface area contributed by atoms with E-state index in [1.165, 1.54) is 6.20 Å². The molecule has 0 spiro atoms. The van der Waals surface area contributed by atoms with Gasteiger partial charge in [-0.1, -0.05) is 17.3 Å². The first-order valence-corrected chi connectivity index (χ1v) is 10.00. The number of aromatic nitrogens is 4. The molecule has 2 aromatic heterocycles. The molecule has 1 aromatic carbocycles. The molecule has 166 valence electrons. The zero-order valence-electron chi connectivity index (χ0n) is 16.9. The number of nitrogens with one attached hydrogen (secondary N) is 1. The van der Waals surface area contributed by atoms with Gasteiger partial charge in [-0.15, -0.1) is 0 Å². The van der Waals surface area contributed by atoms with E-state index in [2.05, 4.69) is 34.8 Å². The maximum absolute atomic E-state index is 13.5. The monoisotopic (exact) mass is 445 g/mol. The topological polar surface area (TPSA) is 100 Å². The van der Waals surface area contributed by atoms with Crippen LogP contribution in [0.5, 0.6) is 0 Å². The molecule has 1 fully saturated rings. The van der Waals surface area contributed by atoms with Crippen molar-refractivity contribution in [1.82, 2.24) is 20.1 Å². The molecule has 0 saturated carbocycles. The van der Waals surface area contributed by atoms with Gasteiger partial charge in [-0.05, 0) is 25.0 Å². The van der Waals surface area contributed by atoms with Crippen molar-refractivity contribution < 1.29 is 22.5 Å². The lowest BCUT2D eigenvalue weighted by Crippen LogP contribution is -2.39. The van der Waals surface area contributed by atoms with Crippen molar-refractivity contribution >= 4 is 23.4 Å². The SMILES string of the molecule is CNc1ncc2c(n1)N1CCCC1CN(c1cccc(-c3noc(C(F)(F)F)n3)c1)C2=O. The summed E-state index contributed by atoms with van der Waals surface area (Å²) in [6, 6.07) is 6.57. The second-order valence-electron chi connectivity index (χ2n) is 7.56. The highest BCUT2D eigenvalue weighted by molar-refractivity contribution is 6.10. The molecule has 3 aromatic rings. The predicted molar refractivity (Wildman–Crippen MR) is 108 cm³/mol. The van der Waals surface area contributed by atoms with Crippen LogP contribution in [0.2, 0.25) is 0 Å². The third-order valence-electron chi connectivity index (χ3n) is 5.59. The molecule has 1 N–H and O–H groups in total. The number of hydrogen-bond donors (Lipinski definition) is 1. The molecule has 0 radical (unpaired) electrons. The molecule has 1 amide bonds. The molecule has 5 rings (SSSR count). The lowest BCUT2D eigenvalue weighted by atomic mass is 10.1. The van der Waals surface area contributed by atoms with Gasteiger partial charge in [-0.3, -0.25) is 4.79 Å². The van der Waals surface area contributed by atoms with Crippen molar-refractivity contribution in [3.8, 4) is 11.4 Å². The highest BCUT2D eigenvalue weighted by Crippen LogP contribution is 2.35. The summed E-state index contributed by atoms with van der Waals surface area (Å²) < 4.78 is 42.8. The fourth-order valence-corrected chi connectivity index (χ4v) is 4.10. The van der Waals surface area contributed by atoms with Crippen LogP contribution in [0.3, 0.4) is 0 Å². The number of carbonyl (C=O) groups is 1. The number of carbonyl (C=O) groups excluding carboxylic acids is 1. The van der Waals surface area contributed by atoms with Gasteiger partial charge < -0.3 is 19.6 Å². The lowest BCUT2D eigenvalue weighted by Gasteiger charge is -2.27. The Hall–Kier alpha value is -3.70. The minimum absolute atomic E-state index is 0.0606. The zero-order valence-corrected chi connectivity index (χ0v) is 16.9. The summed E-state index contributed by atoms with van der Waals surface area (Å²) >= 11 is 0. The van der Waals surface area contributed by atoms with E-state index in [0.29, 0.717) is 35.1 Å². The van der Waals surface area contributed by atoms with Crippen LogP contribution < -0.4 is 15.1 Å². The number of nitrogens with zero attached hydrogens (tertiary/aromatic N) is 6. The summed E-state index contributed by atoms with van der Waals surface area (Å²) in [5.74, 6) is -0.889. The van der Waals surface area contributed by atoms with E-state index in [-0.39, 0.29) is 17.8 Å². The molecule has 1 unspecified atom stereocenters. The van der Waals surface area contributed by atoms with Crippen LogP contribution in [0.1, 0.15) is 29.1 Å². The smallest absolute Gasteiger partial charge is 0.357 e. The number of halogens is 3. The van der Waals surface area contributed by atoms with Gasteiger partial charge in [-0.25, -0.2) is 4.98 Å². The maximum Gasteiger partial charge on any atom is 0.471 e. The van der Waals surface area contributed by atoms with E-state index < -0.39 is 12.1 Å². The van der Waals surface area contributed by atoms with Crippen molar-refractivity contribution in [3.63, 3.8) is 0 Å². The number of anilines is 3. The van der Waals surface area contributed by atoms with Crippen molar-refractivity contribution in [2.24, 2.45) is 0 Å². The fraction of sp³-hybridized carbons (Fsp3) is 0.350. The number of alkyl halides is 3. The molecule has 4 heterocycles. The summed E-state index contributed by atoms with van der Waals surface area (Å²) in [7, 11) is 1.71. The van der Waals surface area contributed by atoms with Crippen LogP contribution in [0.15, 0.2) is 35.0 Å². The number of amides is 1. The molecular formula is C20H18F3N7O2. The van der Waals surface area contributed by atoms with Crippen LogP contribution >= 0.6 is 0 Å². The highest BCUT2D eigenvalue weighted by Gasteiger charge is 2.39. The molecular weight excluding hydrogens is 427 g/mol. The molecule has 0 bridgehead atoms. The number of hydrogen-bond acceptors (Lipinski definition) is 8. The van der Waals surface area contributed by atoms with Crippen molar-refractivity contribution in [2.75, 3.05) is 35.3 Å². The molecule has 12 heteroatoms. The Morgan fingerprint density at radius 2 is 2.09 bits per heavy atom. The van der Waals surface area contributed by atoms with Crippen molar-refractivity contribution in [2.45, 2.75) is 25.1 Å². The van der Waals surface area contributed by atoms with Crippen molar-refractivity contribution in [1.29, 1.82) is 0 Å². The Morgan fingerprint density at radius 3 is 2.84 bits per heavy atom. The van der Waals surface area contributed by atoms with Crippen LogP contribution in [0.25, 0.3) is 11.4 Å². The first-order chi connectivity index (χ1) is 15.3. The van der Waals surface area contributed by atoms with Gasteiger partial charge in [0.2, 0.25) is 11.8 Å². The molecule has 1 saturated heterocycles. The number of benzene rings is 1. The quantitative estimate of drug-likeness (QED) is 0.656. The van der Waals surface area contributed by atoms with E-state index >= 15 is 0 Å². The molecule has 9 nitrogen and oxygen atoms in total. The maximum atomic E-state index is 13.5. The minimum Gasteiger partial charge on any atom is -0.357 e. The normalized spacial score (nSPS) is 18.4. The van der Waals surface area contributed by atoms with Gasteiger partial charge in [0, 0.05) is 43.6 Å². The Kier molecular flexibility index (Phi) is 4.72. The third-order valence-corrected chi connectivity index (χ3v) is 5.59. The van der Waals surface area contributed by atoms with Crippen LogP contribution in [0, 0.1) is 0 Å². The molecule has 32 heavy (non-hydrogen) atoms. The molecule has 1 atom stereocenters. The average Bonchev–Trinajstić information content (AvgIpc) is 3.44. The van der Waals surface area contributed by atoms with E-state index in [9.17, 15) is 18.0 Å². The van der Waals surface area contributed by atoms with Gasteiger partial charge in [0.15, 0.2) is 0 Å². The Labute approximate surface area is 180 Å². The third kappa shape index (κ3) is 3.41. The van der Waals surface area contributed by atoms with E-state index in [0.717, 1.165) is 19.4 Å². The summed E-state index contributed by atoms with van der Waals surface area (Å²) in [4.78, 5) is 29.3. The summed E-state index contributed by atoms with van der Waals surface area (Å²) in [5, 5.41) is 6.34. The summed E-state index contributed by atoms with van der Waals surface area (Å²) in [6.07, 6.45) is -1.37. The van der Waals surface area contributed by atoms with Gasteiger partial charge in [0.1, 0.15) is 11.4 Å². The number of rotatable bonds is 3. The second-order valence-corrected chi connectivity index (χ2v) is 7.56. The van der Waals surface area contributed by atoms with Gasteiger partial charge in [-0.2, -0.15) is 23.1 Å². The summed E-state index contributed by atoms with van der Waals surface area (Å²) in [6.45, 7) is 1.19. The van der Waals surface area contributed by atoms with Crippen molar-refractivity contribution in [3.05, 3.63) is 41.9 Å². The van der Waals surface area contributed by atoms with Crippen LogP contribution in [-0.2, 0) is 6.18 Å². The lowest BCUT2D eigenvalue weighted by molar-refractivity contribution is -0.159. The first kappa shape index (κ1) is 20.2. The fourth-order valence-electron chi connectivity index (χ4n) is 4.10. The Bertz CT molecular complexity index is 1180.